The SMILES string of the molecule is CCOC(=O)CCCCCN1CCCC(C(F)(F)F)C1. The average molecular weight is 295 g/mol. The molecule has 0 amide bonds. The number of likely N-dealkylation sites (tertiary alicyclic amines) is 1. The number of hydrogen-bond donors (Lipinski definition) is 0. The number of carbonyl (C=O) groups excluding carboxylic acids is 1. The third kappa shape index (κ3) is 6.59. The van der Waals surface area contributed by atoms with E-state index in [2.05, 4.69) is 0 Å². The summed E-state index contributed by atoms with van der Waals surface area (Å²) in [7, 11) is 0. The molecule has 3 nitrogen and oxygen atoms in total. The number of nitrogens with zero attached hydrogens (tertiary/aromatic N) is 1. The highest BCUT2D eigenvalue weighted by Gasteiger charge is 2.41. The van der Waals surface area contributed by atoms with Crippen LogP contribution in [0.3, 0.4) is 0 Å². The number of esters is 1. The summed E-state index contributed by atoms with van der Waals surface area (Å²) in [6, 6.07) is 0. The molecule has 0 saturated carbocycles. The summed E-state index contributed by atoms with van der Waals surface area (Å²) in [5, 5.41) is 0. The monoisotopic (exact) mass is 295 g/mol. The topological polar surface area (TPSA) is 29.5 Å². The fraction of sp³-hybridized carbons (Fsp3) is 0.929. The van der Waals surface area contributed by atoms with E-state index in [-0.39, 0.29) is 18.9 Å². The van der Waals surface area contributed by atoms with E-state index in [1.807, 2.05) is 4.90 Å². The summed E-state index contributed by atoms with van der Waals surface area (Å²) >= 11 is 0. The molecule has 0 radical (unpaired) electrons. The highest BCUT2D eigenvalue weighted by Crippen LogP contribution is 2.33. The van der Waals surface area contributed by atoms with E-state index in [4.69, 9.17) is 4.74 Å². The second-order valence-corrected chi connectivity index (χ2v) is 5.30. The van der Waals surface area contributed by atoms with Crippen molar-refractivity contribution >= 4 is 5.97 Å². The molecule has 0 bridgehead atoms. The van der Waals surface area contributed by atoms with Gasteiger partial charge in [-0.3, -0.25) is 4.79 Å². The van der Waals surface area contributed by atoms with Gasteiger partial charge >= 0.3 is 12.1 Å². The van der Waals surface area contributed by atoms with E-state index in [0.717, 1.165) is 25.8 Å². The molecule has 20 heavy (non-hydrogen) atoms. The van der Waals surface area contributed by atoms with Crippen molar-refractivity contribution in [1.29, 1.82) is 0 Å². The number of halogens is 3. The molecular formula is C14H24F3NO2. The van der Waals surface area contributed by atoms with Crippen LogP contribution < -0.4 is 0 Å². The lowest BCUT2D eigenvalue weighted by atomic mass is 9.97. The van der Waals surface area contributed by atoms with Crippen molar-refractivity contribution in [3.05, 3.63) is 0 Å². The lowest BCUT2D eigenvalue weighted by molar-refractivity contribution is -0.186. The zero-order valence-electron chi connectivity index (χ0n) is 12.0. The minimum absolute atomic E-state index is 0.126. The molecule has 0 aromatic carbocycles. The van der Waals surface area contributed by atoms with Gasteiger partial charge in [0.1, 0.15) is 0 Å². The Bertz CT molecular complexity index is 295. The first kappa shape index (κ1) is 17.3. The molecule has 0 aromatic rings. The van der Waals surface area contributed by atoms with E-state index < -0.39 is 12.1 Å². The molecule has 0 aromatic heterocycles. The molecule has 1 atom stereocenters. The number of rotatable bonds is 7. The number of ether oxygens (including phenoxy) is 1. The van der Waals surface area contributed by atoms with Crippen molar-refractivity contribution in [2.45, 2.75) is 51.6 Å². The minimum atomic E-state index is -4.07. The fourth-order valence-corrected chi connectivity index (χ4v) is 2.54. The summed E-state index contributed by atoms with van der Waals surface area (Å²) in [4.78, 5) is 13.0. The van der Waals surface area contributed by atoms with Crippen LogP contribution in [-0.2, 0) is 9.53 Å². The Labute approximate surface area is 118 Å². The van der Waals surface area contributed by atoms with Crippen LogP contribution in [0.1, 0.15) is 45.4 Å². The normalized spacial score (nSPS) is 20.9. The first-order valence-electron chi connectivity index (χ1n) is 7.38. The standard InChI is InChI=1S/C14H24F3NO2/c1-2-20-13(19)8-4-3-5-9-18-10-6-7-12(11-18)14(15,16)17/h12H,2-11H2,1H3. The van der Waals surface area contributed by atoms with E-state index in [0.29, 0.717) is 26.0 Å². The molecule has 0 aliphatic carbocycles. The molecule has 1 fully saturated rings. The van der Waals surface area contributed by atoms with Crippen LogP contribution >= 0.6 is 0 Å². The van der Waals surface area contributed by atoms with Gasteiger partial charge in [0.2, 0.25) is 0 Å². The molecule has 0 spiro atoms. The van der Waals surface area contributed by atoms with Crippen LogP contribution in [-0.4, -0.2) is 43.3 Å². The van der Waals surface area contributed by atoms with Crippen LogP contribution in [0.4, 0.5) is 13.2 Å². The highest BCUT2D eigenvalue weighted by atomic mass is 19.4. The lowest BCUT2D eigenvalue weighted by Crippen LogP contribution is -2.42. The van der Waals surface area contributed by atoms with Crippen molar-refractivity contribution in [1.82, 2.24) is 4.90 Å². The van der Waals surface area contributed by atoms with Gasteiger partial charge in [0.05, 0.1) is 12.5 Å². The molecule has 1 heterocycles. The van der Waals surface area contributed by atoms with Gasteiger partial charge in [-0.2, -0.15) is 13.2 Å². The molecule has 1 aliphatic heterocycles. The van der Waals surface area contributed by atoms with Crippen LogP contribution in [0.2, 0.25) is 0 Å². The van der Waals surface area contributed by atoms with Crippen LogP contribution in [0.25, 0.3) is 0 Å². The molecule has 0 N–H and O–H groups in total. The van der Waals surface area contributed by atoms with Gasteiger partial charge < -0.3 is 9.64 Å². The second kappa shape index (κ2) is 8.49. The van der Waals surface area contributed by atoms with Gasteiger partial charge in [-0.1, -0.05) is 6.42 Å². The summed E-state index contributed by atoms with van der Waals surface area (Å²) in [6.45, 7) is 3.73. The Morgan fingerprint density at radius 3 is 2.70 bits per heavy atom. The third-order valence-electron chi connectivity index (χ3n) is 3.63. The molecular weight excluding hydrogens is 271 g/mol. The van der Waals surface area contributed by atoms with Crippen molar-refractivity contribution in [2.75, 3.05) is 26.2 Å². The zero-order chi connectivity index (χ0) is 15.0. The molecule has 1 aliphatic rings. The zero-order valence-corrected chi connectivity index (χ0v) is 12.0. The van der Waals surface area contributed by atoms with Gasteiger partial charge in [-0.15, -0.1) is 0 Å². The number of piperidine rings is 1. The maximum Gasteiger partial charge on any atom is 0.393 e. The smallest absolute Gasteiger partial charge is 0.393 e. The minimum Gasteiger partial charge on any atom is -0.466 e. The fourth-order valence-electron chi connectivity index (χ4n) is 2.54. The van der Waals surface area contributed by atoms with Crippen LogP contribution in [0.5, 0.6) is 0 Å². The third-order valence-corrected chi connectivity index (χ3v) is 3.63. The predicted octanol–water partition coefficient (Wildman–Crippen LogP) is 3.38. The Morgan fingerprint density at radius 2 is 2.05 bits per heavy atom. The first-order chi connectivity index (χ1) is 9.43. The van der Waals surface area contributed by atoms with Crippen LogP contribution in [0.15, 0.2) is 0 Å². The molecule has 1 saturated heterocycles. The van der Waals surface area contributed by atoms with Crippen molar-refractivity contribution in [2.24, 2.45) is 5.92 Å². The average Bonchev–Trinajstić information content (AvgIpc) is 2.38. The van der Waals surface area contributed by atoms with E-state index in [1.54, 1.807) is 6.92 Å². The second-order valence-electron chi connectivity index (χ2n) is 5.30. The number of alkyl halides is 3. The van der Waals surface area contributed by atoms with Crippen molar-refractivity contribution in [3.63, 3.8) is 0 Å². The Balaban J connectivity index is 2.11. The summed E-state index contributed by atoms with van der Waals surface area (Å²) in [6.07, 6.45) is -0.358. The predicted molar refractivity (Wildman–Crippen MR) is 70.3 cm³/mol. The Morgan fingerprint density at radius 1 is 1.30 bits per heavy atom. The van der Waals surface area contributed by atoms with E-state index in [9.17, 15) is 18.0 Å². The molecule has 118 valence electrons. The number of carbonyl (C=O) groups is 1. The maximum absolute atomic E-state index is 12.6. The van der Waals surface area contributed by atoms with Gasteiger partial charge in [-0.25, -0.2) is 0 Å². The maximum atomic E-state index is 12.6. The molecule has 1 rings (SSSR count). The van der Waals surface area contributed by atoms with Gasteiger partial charge in [-0.05, 0) is 45.7 Å². The van der Waals surface area contributed by atoms with E-state index in [1.165, 1.54) is 0 Å². The lowest BCUT2D eigenvalue weighted by Gasteiger charge is -2.33. The van der Waals surface area contributed by atoms with Crippen molar-refractivity contribution < 1.29 is 22.7 Å². The Hall–Kier alpha value is -0.780. The Kier molecular flexibility index (Phi) is 7.34. The highest BCUT2D eigenvalue weighted by molar-refractivity contribution is 5.69. The number of unbranched alkanes of at least 4 members (excludes halogenated alkanes) is 2. The quantitative estimate of drug-likeness (QED) is 0.532. The van der Waals surface area contributed by atoms with Gasteiger partial charge in [0, 0.05) is 13.0 Å². The summed E-state index contributed by atoms with van der Waals surface area (Å²) < 4.78 is 42.7. The molecule has 6 heteroatoms. The first-order valence-corrected chi connectivity index (χ1v) is 7.38. The van der Waals surface area contributed by atoms with Crippen molar-refractivity contribution in [3.8, 4) is 0 Å². The number of hydrogen-bond acceptors (Lipinski definition) is 3. The summed E-state index contributed by atoms with van der Waals surface area (Å²) in [5.74, 6) is -1.36. The summed E-state index contributed by atoms with van der Waals surface area (Å²) in [5.41, 5.74) is 0. The largest absolute Gasteiger partial charge is 0.466 e. The van der Waals surface area contributed by atoms with Gasteiger partial charge in [0.15, 0.2) is 0 Å². The van der Waals surface area contributed by atoms with E-state index >= 15 is 0 Å². The molecule has 1 unspecified atom stereocenters. The van der Waals surface area contributed by atoms with Gasteiger partial charge in [0.25, 0.3) is 0 Å². The van der Waals surface area contributed by atoms with Crippen LogP contribution in [0, 0.1) is 5.92 Å².